The summed E-state index contributed by atoms with van der Waals surface area (Å²) in [5.74, 6) is -0.454. The zero-order chi connectivity index (χ0) is 13.8. The first-order valence-corrected chi connectivity index (χ1v) is 6.07. The number of rotatable bonds is 3. The monoisotopic (exact) mass is 264 g/mol. The number of hydrogen-bond donors (Lipinski definition) is 3. The number of anilines is 2. The number of nitrogens with one attached hydrogen (secondary N) is 1. The van der Waals surface area contributed by atoms with E-state index in [1.165, 1.54) is 0 Å². The minimum Gasteiger partial charge on any atom is -0.480 e. The lowest BCUT2D eigenvalue weighted by molar-refractivity contribution is -0.137. The molecular weight excluding hydrogens is 248 g/mol. The van der Waals surface area contributed by atoms with Crippen LogP contribution in [0, 0.1) is 11.3 Å². The Labute approximate surface area is 110 Å². The molecule has 1 aromatic rings. The van der Waals surface area contributed by atoms with E-state index in [2.05, 4.69) is 10.4 Å². The maximum Gasteiger partial charge on any atom is 0.325 e. The van der Waals surface area contributed by atoms with Gasteiger partial charge in [-0.2, -0.15) is 10.4 Å². The Hall–Kier alpha value is -2.27. The van der Waals surface area contributed by atoms with Crippen LogP contribution >= 0.6 is 0 Å². The Morgan fingerprint density at radius 2 is 2.32 bits per heavy atom. The molecule has 8 heteroatoms. The van der Waals surface area contributed by atoms with E-state index in [1.54, 1.807) is 0 Å². The maximum absolute atomic E-state index is 10.7. The molecule has 0 radical (unpaired) electrons. The van der Waals surface area contributed by atoms with Gasteiger partial charge in [-0.3, -0.25) is 4.79 Å². The third kappa shape index (κ3) is 2.77. The van der Waals surface area contributed by atoms with Crippen LogP contribution in [0.1, 0.15) is 12.0 Å². The molecule has 1 aliphatic heterocycles. The molecule has 0 unspecified atom stereocenters. The summed E-state index contributed by atoms with van der Waals surface area (Å²) in [5.41, 5.74) is 6.03. The molecule has 2 heterocycles. The molecule has 4 N–H and O–H groups in total. The average molecular weight is 264 g/mol. The van der Waals surface area contributed by atoms with Crippen molar-refractivity contribution >= 4 is 17.6 Å². The van der Waals surface area contributed by atoms with E-state index < -0.39 is 5.97 Å². The third-order valence-corrected chi connectivity index (χ3v) is 3.01. The quantitative estimate of drug-likeness (QED) is 0.655. The second-order valence-electron chi connectivity index (χ2n) is 4.34. The van der Waals surface area contributed by atoms with Crippen molar-refractivity contribution in [2.75, 3.05) is 36.8 Å². The van der Waals surface area contributed by atoms with Gasteiger partial charge < -0.3 is 21.1 Å². The van der Waals surface area contributed by atoms with E-state index in [0.717, 1.165) is 37.3 Å². The third-order valence-electron chi connectivity index (χ3n) is 3.01. The number of aliphatic carboxylic acids is 1. The number of carbonyl (C=O) groups is 1. The summed E-state index contributed by atoms with van der Waals surface area (Å²) >= 11 is 0. The van der Waals surface area contributed by atoms with Gasteiger partial charge in [-0.25, -0.2) is 4.68 Å². The summed E-state index contributed by atoms with van der Waals surface area (Å²) in [7, 11) is 0. The first-order chi connectivity index (χ1) is 9.13. The van der Waals surface area contributed by atoms with Crippen LogP contribution in [0.15, 0.2) is 0 Å². The van der Waals surface area contributed by atoms with Gasteiger partial charge >= 0.3 is 5.97 Å². The number of nitrogens with zero attached hydrogens (tertiary/aromatic N) is 4. The molecular formula is C11H16N6O2. The predicted molar refractivity (Wildman–Crippen MR) is 68.7 cm³/mol. The van der Waals surface area contributed by atoms with Crippen molar-refractivity contribution in [1.82, 2.24) is 15.1 Å². The molecule has 1 saturated heterocycles. The molecule has 0 bridgehead atoms. The molecule has 8 nitrogen and oxygen atoms in total. The van der Waals surface area contributed by atoms with E-state index in [1.807, 2.05) is 11.0 Å². The predicted octanol–water partition coefficient (Wildman–Crippen LogP) is -0.779. The smallest absolute Gasteiger partial charge is 0.325 e. The second kappa shape index (κ2) is 5.58. The fraction of sp³-hybridized carbons (Fsp3) is 0.545. The van der Waals surface area contributed by atoms with Crippen molar-refractivity contribution in [3.63, 3.8) is 0 Å². The van der Waals surface area contributed by atoms with Crippen molar-refractivity contribution in [3.05, 3.63) is 5.56 Å². The molecule has 1 fully saturated rings. The van der Waals surface area contributed by atoms with Gasteiger partial charge in [0.25, 0.3) is 0 Å². The normalized spacial score (nSPS) is 15.8. The largest absolute Gasteiger partial charge is 0.480 e. The zero-order valence-corrected chi connectivity index (χ0v) is 10.5. The Balaban J connectivity index is 2.33. The van der Waals surface area contributed by atoms with Crippen LogP contribution in [-0.4, -0.2) is 47.0 Å². The summed E-state index contributed by atoms with van der Waals surface area (Å²) < 4.78 is 1.16. The molecule has 0 spiro atoms. The van der Waals surface area contributed by atoms with E-state index in [4.69, 9.17) is 10.8 Å². The number of nitrogens with two attached hydrogens (primary N) is 1. The highest BCUT2D eigenvalue weighted by atomic mass is 16.4. The molecule has 0 aliphatic carbocycles. The molecule has 0 amide bonds. The summed E-state index contributed by atoms with van der Waals surface area (Å²) in [6.07, 6.45) is 0.941. The Kier molecular flexibility index (Phi) is 3.87. The van der Waals surface area contributed by atoms with Crippen molar-refractivity contribution in [2.45, 2.75) is 13.0 Å². The Morgan fingerprint density at radius 1 is 1.53 bits per heavy atom. The van der Waals surface area contributed by atoms with Crippen LogP contribution in [0.3, 0.4) is 0 Å². The van der Waals surface area contributed by atoms with Crippen molar-refractivity contribution in [2.24, 2.45) is 0 Å². The van der Waals surface area contributed by atoms with Gasteiger partial charge in [0.2, 0.25) is 0 Å². The van der Waals surface area contributed by atoms with Crippen molar-refractivity contribution in [1.29, 1.82) is 5.26 Å². The van der Waals surface area contributed by atoms with E-state index >= 15 is 0 Å². The lowest BCUT2D eigenvalue weighted by Crippen LogP contribution is -2.29. The molecule has 1 aliphatic rings. The first kappa shape index (κ1) is 13.2. The molecule has 1 aromatic heterocycles. The van der Waals surface area contributed by atoms with Gasteiger partial charge in [0.05, 0.1) is 0 Å². The number of aromatic nitrogens is 2. The number of nitrogen functional groups attached to an aromatic ring is 1. The topological polar surface area (TPSA) is 120 Å². The van der Waals surface area contributed by atoms with E-state index in [0.29, 0.717) is 5.82 Å². The van der Waals surface area contributed by atoms with Gasteiger partial charge in [-0.05, 0) is 13.0 Å². The van der Waals surface area contributed by atoms with Crippen LogP contribution in [-0.2, 0) is 11.3 Å². The highest BCUT2D eigenvalue weighted by Gasteiger charge is 2.22. The summed E-state index contributed by atoms with van der Waals surface area (Å²) in [6.45, 7) is 2.87. The summed E-state index contributed by atoms with van der Waals surface area (Å²) in [5, 5.41) is 25.4. The number of nitriles is 1. The molecule has 102 valence electrons. The maximum atomic E-state index is 10.7. The number of carboxylic acids is 1. The molecule has 19 heavy (non-hydrogen) atoms. The van der Waals surface area contributed by atoms with Crippen LogP contribution < -0.4 is 16.0 Å². The van der Waals surface area contributed by atoms with E-state index in [9.17, 15) is 10.1 Å². The van der Waals surface area contributed by atoms with Gasteiger partial charge in [-0.1, -0.05) is 0 Å². The fourth-order valence-electron chi connectivity index (χ4n) is 2.10. The fourth-order valence-corrected chi connectivity index (χ4v) is 2.10. The van der Waals surface area contributed by atoms with Gasteiger partial charge in [-0.15, -0.1) is 0 Å². The van der Waals surface area contributed by atoms with Crippen LogP contribution in [0.4, 0.5) is 11.6 Å². The summed E-state index contributed by atoms with van der Waals surface area (Å²) in [6, 6.07) is 2.01. The molecule has 2 rings (SSSR count). The van der Waals surface area contributed by atoms with Gasteiger partial charge in [0.15, 0.2) is 5.82 Å². The van der Waals surface area contributed by atoms with Crippen molar-refractivity contribution < 1.29 is 9.90 Å². The zero-order valence-electron chi connectivity index (χ0n) is 10.5. The van der Waals surface area contributed by atoms with Crippen LogP contribution in [0.5, 0.6) is 0 Å². The highest BCUT2D eigenvalue weighted by molar-refractivity contribution is 5.70. The highest BCUT2D eigenvalue weighted by Crippen LogP contribution is 2.24. The standard InChI is InChI=1S/C11H16N6O2/c12-6-8-10(13)17(7-9(18)19)15-11(8)16-4-1-2-14-3-5-16/h14H,1-5,7,13H2,(H,18,19). The molecule has 0 atom stereocenters. The Morgan fingerprint density at radius 3 is 3.00 bits per heavy atom. The SMILES string of the molecule is N#Cc1c(N2CCCNCC2)nn(CC(=O)O)c1N. The molecule has 0 saturated carbocycles. The minimum absolute atomic E-state index is 0.108. The van der Waals surface area contributed by atoms with Crippen LogP contribution in [0.2, 0.25) is 0 Å². The summed E-state index contributed by atoms with van der Waals surface area (Å²) in [4.78, 5) is 12.7. The van der Waals surface area contributed by atoms with Crippen molar-refractivity contribution in [3.8, 4) is 6.07 Å². The number of carboxylic acid groups (broad SMARTS) is 1. The lowest BCUT2D eigenvalue weighted by Gasteiger charge is -2.19. The average Bonchev–Trinajstić information content (AvgIpc) is 2.59. The van der Waals surface area contributed by atoms with Gasteiger partial charge in [0, 0.05) is 19.6 Å². The van der Waals surface area contributed by atoms with E-state index in [-0.39, 0.29) is 17.9 Å². The molecule has 0 aromatic carbocycles. The number of hydrogen-bond acceptors (Lipinski definition) is 6. The minimum atomic E-state index is -1.04. The lowest BCUT2D eigenvalue weighted by atomic mass is 10.3. The first-order valence-electron chi connectivity index (χ1n) is 6.07. The van der Waals surface area contributed by atoms with Crippen LogP contribution in [0.25, 0.3) is 0 Å². The second-order valence-corrected chi connectivity index (χ2v) is 4.34. The van der Waals surface area contributed by atoms with Gasteiger partial charge in [0.1, 0.15) is 24.0 Å². The Bertz CT molecular complexity index is 510.